The maximum Gasteiger partial charge on any atom is 0.187 e. The molecular weight excluding hydrogens is 320 g/mol. The molecule has 0 unspecified atom stereocenters. The van der Waals surface area contributed by atoms with Crippen LogP contribution in [-0.2, 0) is 14.2 Å². The van der Waals surface area contributed by atoms with Crippen molar-refractivity contribution in [2.24, 2.45) is 5.92 Å². The van der Waals surface area contributed by atoms with Gasteiger partial charge in [-0.3, -0.25) is 0 Å². The summed E-state index contributed by atoms with van der Waals surface area (Å²) in [5, 5.41) is 49.5. The minimum atomic E-state index is -1.49. The number of aliphatic hydroxyl groups excluding tert-OH is 5. The lowest BCUT2D eigenvalue weighted by atomic mass is 9.65. The lowest BCUT2D eigenvalue weighted by Gasteiger charge is -2.60. The Bertz CT molecular complexity index is 469. The zero-order chi connectivity index (χ0) is 17.9. The molecule has 0 amide bonds. The van der Waals surface area contributed by atoms with E-state index in [9.17, 15) is 25.5 Å². The molecule has 1 saturated carbocycles. The van der Waals surface area contributed by atoms with E-state index in [1.807, 2.05) is 13.8 Å². The Hall–Kier alpha value is -0.320. The molecule has 3 aliphatic heterocycles. The van der Waals surface area contributed by atoms with E-state index in [0.717, 1.165) is 0 Å². The first-order chi connectivity index (χ1) is 11.1. The van der Waals surface area contributed by atoms with Crippen molar-refractivity contribution in [1.29, 1.82) is 0 Å². The summed E-state index contributed by atoms with van der Waals surface area (Å²) in [6.07, 6.45) is -6.64. The molecular formula is C16H28O8. The lowest BCUT2D eigenvalue weighted by Crippen LogP contribution is -2.70. The maximum atomic E-state index is 10.4. The standard InChI is InChI=1S/C16H28O8/c1-15(2)7-4-9(18)16(3,24-15)10(5-7)23-14-13(21)12(20)11(19)8(6-17)22-14/h7-14,17-21H,4-6H2,1-3H3/t7-,8-,9+,10-,11-,12+,13-,14+,16+/m1/s1. The molecule has 24 heavy (non-hydrogen) atoms. The van der Waals surface area contributed by atoms with Crippen molar-refractivity contribution in [3.63, 3.8) is 0 Å². The molecule has 8 heteroatoms. The van der Waals surface area contributed by atoms with E-state index >= 15 is 0 Å². The SMILES string of the molecule is CC1(C)O[C@@]2(C)[C@@H](O)C[C@@H]1C[C@H]2O[C@@H]1O[C@H](CO)[C@@H](O)[C@H](O)[C@H]1O. The molecule has 4 fully saturated rings. The van der Waals surface area contributed by atoms with E-state index in [1.165, 1.54) is 0 Å². The van der Waals surface area contributed by atoms with Crippen molar-refractivity contribution in [2.75, 3.05) is 6.61 Å². The van der Waals surface area contributed by atoms with Crippen molar-refractivity contribution in [1.82, 2.24) is 0 Å². The first-order valence-electron chi connectivity index (χ1n) is 8.44. The van der Waals surface area contributed by atoms with Gasteiger partial charge in [-0.05, 0) is 39.5 Å². The second kappa shape index (κ2) is 6.14. The topological polar surface area (TPSA) is 129 Å². The quantitative estimate of drug-likeness (QED) is 0.417. The van der Waals surface area contributed by atoms with E-state index in [4.69, 9.17) is 14.2 Å². The van der Waals surface area contributed by atoms with Gasteiger partial charge in [-0.1, -0.05) is 0 Å². The highest BCUT2D eigenvalue weighted by molar-refractivity contribution is 5.08. The third kappa shape index (κ3) is 2.79. The van der Waals surface area contributed by atoms with Crippen LogP contribution in [0.15, 0.2) is 0 Å². The van der Waals surface area contributed by atoms with Crippen LogP contribution in [0.2, 0.25) is 0 Å². The number of ether oxygens (including phenoxy) is 3. The van der Waals surface area contributed by atoms with Gasteiger partial charge in [0.15, 0.2) is 6.29 Å². The maximum absolute atomic E-state index is 10.4. The van der Waals surface area contributed by atoms with E-state index < -0.39 is 55.1 Å². The van der Waals surface area contributed by atoms with Crippen LogP contribution in [0.1, 0.15) is 33.6 Å². The second-order valence-electron chi connectivity index (χ2n) is 7.90. The third-order valence-electron chi connectivity index (χ3n) is 5.92. The van der Waals surface area contributed by atoms with Crippen molar-refractivity contribution in [3.05, 3.63) is 0 Å². The Morgan fingerprint density at radius 2 is 1.67 bits per heavy atom. The lowest BCUT2D eigenvalue weighted by molar-refractivity contribution is -0.368. The van der Waals surface area contributed by atoms with Gasteiger partial charge in [0.05, 0.1) is 24.4 Å². The monoisotopic (exact) mass is 348 g/mol. The van der Waals surface area contributed by atoms with Gasteiger partial charge >= 0.3 is 0 Å². The van der Waals surface area contributed by atoms with Crippen LogP contribution in [0.25, 0.3) is 0 Å². The predicted octanol–water partition coefficient (Wildman–Crippen LogP) is -1.49. The molecule has 4 aliphatic rings. The van der Waals surface area contributed by atoms with E-state index in [-0.39, 0.29) is 11.5 Å². The highest BCUT2D eigenvalue weighted by atomic mass is 16.7. The Balaban J connectivity index is 1.76. The van der Waals surface area contributed by atoms with Gasteiger partial charge in [0.1, 0.15) is 30.0 Å². The zero-order valence-electron chi connectivity index (χ0n) is 14.2. The second-order valence-corrected chi connectivity index (χ2v) is 7.90. The van der Waals surface area contributed by atoms with E-state index in [2.05, 4.69) is 0 Å². The summed E-state index contributed by atoms with van der Waals surface area (Å²) in [6, 6.07) is 0. The van der Waals surface area contributed by atoms with Crippen LogP contribution in [0.4, 0.5) is 0 Å². The van der Waals surface area contributed by atoms with Gasteiger partial charge in [0.2, 0.25) is 0 Å². The Morgan fingerprint density at radius 1 is 1.00 bits per heavy atom. The Kier molecular flexibility index (Phi) is 4.72. The molecule has 8 nitrogen and oxygen atoms in total. The smallest absolute Gasteiger partial charge is 0.187 e. The molecule has 4 rings (SSSR count). The summed E-state index contributed by atoms with van der Waals surface area (Å²) < 4.78 is 17.3. The van der Waals surface area contributed by atoms with Crippen LogP contribution in [0.5, 0.6) is 0 Å². The fourth-order valence-electron chi connectivity index (χ4n) is 4.19. The largest absolute Gasteiger partial charge is 0.394 e. The summed E-state index contributed by atoms with van der Waals surface area (Å²) in [5.41, 5.74) is -1.35. The summed E-state index contributed by atoms with van der Waals surface area (Å²) in [4.78, 5) is 0. The third-order valence-corrected chi connectivity index (χ3v) is 5.92. The Morgan fingerprint density at radius 3 is 2.29 bits per heavy atom. The molecule has 5 N–H and O–H groups in total. The molecule has 1 aliphatic carbocycles. The predicted molar refractivity (Wildman–Crippen MR) is 80.9 cm³/mol. The van der Waals surface area contributed by atoms with Crippen LogP contribution in [-0.4, -0.2) is 86.3 Å². The molecule has 0 aromatic heterocycles. The normalized spacial score (nSPS) is 54.0. The van der Waals surface area contributed by atoms with Crippen LogP contribution in [0.3, 0.4) is 0 Å². The number of rotatable bonds is 3. The fraction of sp³-hybridized carbons (Fsp3) is 1.00. The number of fused-ring (bicyclic) bond motifs is 3. The average molecular weight is 348 g/mol. The molecule has 0 aromatic carbocycles. The van der Waals surface area contributed by atoms with Gasteiger partial charge in [-0.25, -0.2) is 0 Å². The van der Waals surface area contributed by atoms with Crippen molar-refractivity contribution >= 4 is 0 Å². The molecule has 2 bridgehead atoms. The summed E-state index contributed by atoms with van der Waals surface area (Å²) in [6.45, 7) is 5.21. The highest BCUT2D eigenvalue weighted by Gasteiger charge is 2.60. The first-order valence-corrected chi connectivity index (χ1v) is 8.44. The molecule has 0 radical (unpaired) electrons. The minimum absolute atomic E-state index is 0.0872. The molecule has 9 atom stereocenters. The van der Waals surface area contributed by atoms with Crippen LogP contribution in [0, 0.1) is 5.92 Å². The molecule has 3 saturated heterocycles. The van der Waals surface area contributed by atoms with Crippen LogP contribution < -0.4 is 0 Å². The van der Waals surface area contributed by atoms with Gasteiger partial charge in [0.25, 0.3) is 0 Å². The number of hydrogen-bond acceptors (Lipinski definition) is 8. The number of aliphatic hydroxyl groups is 5. The van der Waals surface area contributed by atoms with E-state index in [0.29, 0.717) is 12.8 Å². The van der Waals surface area contributed by atoms with Crippen LogP contribution >= 0.6 is 0 Å². The molecule has 0 aromatic rings. The fourth-order valence-corrected chi connectivity index (χ4v) is 4.19. The summed E-state index contributed by atoms with van der Waals surface area (Å²) in [5.74, 6) is 0.0872. The zero-order valence-corrected chi connectivity index (χ0v) is 14.2. The minimum Gasteiger partial charge on any atom is -0.394 e. The molecule has 140 valence electrons. The van der Waals surface area contributed by atoms with Gasteiger partial charge < -0.3 is 39.7 Å². The van der Waals surface area contributed by atoms with Gasteiger partial charge in [-0.2, -0.15) is 0 Å². The summed E-state index contributed by atoms with van der Waals surface area (Å²) >= 11 is 0. The van der Waals surface area contributed by atoms with Crippen molar-refractivity contribution in [3.8, 4) is 0 Å². The van der Waals surface area contributed by atoms with Gasteiger partial charge in [-0.15, -0.1) is 0 Å². The van der Waals surface area contributed by atoms with Gasteiger partial charge in [0, 0.05) is 0 Å². The summed E-state index contributed by atoms with van der Waals surface area (Å²) in [7, 11) is 0. The molecule has 0 spiro atoms. The van der Waals surface area contributed by atoms with Crippen molar-refractivity contribution < 1.29 is 39.7 Å². The number of hydrogen-bond donors (Lipinski definition) is 5. The molecule has 3 heterocycles. The highest BCUT2D eigenvalue weighted by Crippen LogP contribution is 2.51. The Labute approximate surface area is 141 Å². The first kappa shape index (κ1) is 18.5. The average Bonchev–Trinajstić information content (AvgIpc) is 2.50. The van der Waals surface area contributed by atoms with Crippen molar-refractivity contribution in [2.45, 2.75) is 87.7 Å². The van der Waals surface area contributed by atoms with E-state index in [1.54, 1.807) is 6.92 Å².